The minimum atomic E-state index is -3.81. The number of halogens is 1. The van der Waals surface area contributed by atoms with Crippen molar-refractivity contribution in [3.8, 4) is 11.6 Å². The molecule has 2 atom stereocenters. The summed E-state index contributed by atoms with van der Waals surface area (Å²) in [5.74, 6) is 1.38. The quantitative estimate of drug-likeness (QED) is 0.391. The van der Waals surface area contributed by atoms with Gasteiger partial charge in [0.25, 0.3) is 0 Å². The van der Waals surface area contributed by atoms with Crippen molar-refractivity contribution >= 4 is 21.4 Å². The van der Waals surface area contributed by atoms with Crippen molar-refractivity contribution in [2.24, 2.45) is 5.41 Å². The average molecular weight is 548 g/mol. The van der Waals surface area contributed by atoms with Crippen LogP contribution in [0.25, 0.3) is 5.69 Å². The van der Waals surface area contributed by atoms with Crippen LogP contribution in [0.3, 0.4) is 0 Å². The third-order valence-electron chi connectivity index (χ3n) is 7.75. The van der Waals surface area contributed by atoms with Crippen molar-refractivity contribution in [3.05, 3.63) is 46.9 Å². The molecule has 13 heteroatoms. The summed E-state index contributed by atoms with van der Waals surface area (Å²) in [5.41, 5.74) is 1.60. The van der Waals surface area contributed by atoms with Gasteiger partial charge in [0.2, 0.25) is 5.88 Å². The molecule has 2 saturated carbocycles. The van der Waals surface area contributed by atoms with Crippen LogP contribution in [-0.4, -0.2) is 62.6 Å². The summed E-state index contributed by atoms with van der Waals surface area (Å²) in [6.45, 7) is 3.41. The highest BCUT2D eigenvalue weighted by molar-refractivity contribution is 7.91. The molecule has 11 nitrogen and oxygen atoms in total. The van der Waals surface area contributed by atoms with Gasteiger partial charge in [0.15, 0.2) is 21.5 Å². The Morgan fingerprint density at radius 1 is 1.14 bits per heavy atom. The normalized spacial score (nSPS) is 18.7. The predicted octanol–water partition coefficient (Wildman–Crippen LogP) is 3.56. The number of methoxy groups -OCH3 is 2. The number of sulfone groups is 1. The molecule has 37 heavy (non-hydrogen) atoms. The van der Waals surface area contributed by atoms with Gasteiger partial charge in [-0.2, -0.15) is 4.98 Å². The number of ether oxygens (including phenoxy) is 2. The topological polar surface area (TPSA) is 135 Å². The smallest absolute Gasteiger partial charge is 0.241 e. The molecular weight excluding hydrogens is 518 g/mol. The first-order valence-electron chi connectivity index (χ1n) is 12.2. The molecule has 0 bridgehead atoms. The maximum Gasteiger partial charge on any atom is 0.241 e. The second-order valence-electron chi connectivity index (χ2n) is 10.0. The average Bonchev–Trinajstić information content (AvgIpc) is 3.20. The van der Waals surface area contributed by atoms with E-state index in [1.54, 1.807) is 11.5 Å². The largest absolute Gasteiger partial charge is 0.479 e. The molecule has 0 unspecified atom stereocenters. The molecule has 0 saturated heterocycles. The van der Waals surface area contributed by atoms with Gasteiger partial charge in [-0.1, -0.05) is 18.0 Å². The van der Waals surface area contributed by atoms with Crippen LogP contribution in [0.4, 0.5) is 0 Å². The monoisotopic (exact) mass is 547 g/mol. The zero-order valence-electron chi connectivity index (χ0n) is 21.3. The molecule has 0 aliphatic heterocycles. The zero-order chi connectivity index (χ0) is 26.4. The van der Waals surface area contributed by atoms with E-state index >= 15 is 0 Å². The van der Waals surface area contributed by atoms with Gasteiger partial charge in [0.05, 0.1) is 23.1 Å². The van der Waals surface area contributed by atoms with Crippen molar-refractivity contribution in [1.82, 2.24) is 34.7 Å². The highest BCUT2D eigenvalue weighted by Crippen LogP contribution is 2.61. The van der Waals surface area contributed by atoms with E-state index in [-0.39, 0.29) is 23.3 Å². The molecule has 0 N–H and O–H groups in total. The molecule has 1 spiro atoms. The molecule has 198 valence electrons. The van der Waals surface area contributed by atoms with Gasteiger partial charge < -0.3 is 9.47 Å². The molecule has 2 aliphatic rings. The lowest BCUT2D eigenvalue weighted by Crippen LogP contribution is -2.42. The molecule has 2 fully saturated rings. The Labute approximate surface area is 221 Å². The van der Waals surface area contributed by atoms with Gasteiger partial charge >= 0.3 is 0 Å². The fraction of sp³-hybridized carbons (Fsp3) is 0.583. The maximum absolute atomic E-state index is 13.7. The SMILES string of the molecule is COc1ncnc(C)c1-n1c(CS(=O)(=O)[C@@H](C)[C@H](OC)c2ncc(Cl)cn2)nnc1C1CC2(CCC2)C1. The fourth-order valence-electron chi connectivity index (χ4n) is 5.51. The molecule has 0 radical (unpaired) electrons. The Morgan fingerprint density at radius 3 is 2.43 bits per heavy atom. The Balaban J connectivity index is 1.52. The summed E-state index contributed by atoms with van der Waals surface area (Å²) >= 11 is 5.90. The molecular formula is C24H30ClN7O4S. The van der Waals surface area contributed by atoms with E-state index in [2.05, 4.69) is 30.1 Å². The van der Waals surface area contributed by atoms with Gasteiger partial charge in [-0.3, -0.25) is 4.57 Å². The Morgan fingerprint density at radius 2 is 1.84 bits per heavy atom. The first-order chi connectivity index (χ1) is 17.7. The molecule has 5 rings (SSSR count). The van der Waals surface area contributed by atoms with Crippen LogP contribution < -0.4 is 4.74 Å². The fourth-order valence-corrected chi connectivity index (χ4v) is 7.03. The molecule has 3 aromatic heterocycles. The number of rotatable bonds is 9. The van der Waals surface area contributed by atoms with E-state index in [1.165, 1.54) is 52.2 Å². The number of nitrogens with zero attached hydrogens (tertiary/aromatic N) is 7. The summed E-state index contributed by atoms with van der Waals surface area (Å²) in [7, 11) is -0.854. The van der Waals surface area contributed by atoms with Gasteiger partial charge in [0.1, 0.15) is 29.7 Å². The Kier molecular flexibility index (Phi) is 6.92. The number of aromatic nitrogens is 7. The van der Waals surface area contributed by atoms with Gasteiger partial charge in [-0.15, -0.1) is 10.2 Å². The third kappa shape index (κ3) is 4.70. The van der Waals surface area contributed by atoms with Crippen molar-refractivity contribution in [2.45, 2.75) is 69.0 Å². The minimum absolute atomic E-state index is 0.181. The lowest BCUT2D eigenvalue weighted by Gasteiger charge is -2.53. The second kappa shape index (κ2) is 9.88. The highest BCUT2D eigenvalue weighted by atomic mass is 35.5. The van der Waals surface area contributed by atoms with Gasteiger partial charge in [0, 0.05) is 25.4 Å². The van der Waals surface area contributed by atoms with Crippen molar-refractivity contribution in [1.29, 1.82) is 0 Å². The molecule has 3 heterocycles. The van der Waals surface area contributed by atoms with Crippen LogP contribution >= 0.6 is 11.6 Å². The van der Waals surface area contributed by atoms with E-state index in [0.29, 0.717) is 27.7 Å². The Hall–Kier alpha value is -2.70. The number of hydrogen-bond donors (Lipinski definition) is 0. The molecule has 0 aromatic carbocycles. The predicted molar refractivity (Wildman–Crippen MR) is 135 cm³/mol. The lowest BCUT2D eigenvalue weighted by molar-refractivity contribution is 0.00546. The van der Waals surface area contributed by atoms with E-state index in [9.17, 15) is 8.42 Å². The number of hydrogen-bond acceptors (Lipinski definition) is 10. The minimum Gasteiger partial charge on any atom is -0.479 e. The van der Waals surface area contributed by atoms with E-state index < -0.39 is 21.2 Å². The van der Waals surface area contributed by atoms with E-state index in [1.807, 2.05) is 6.92 Å². The summed E-state index contributed by atoms with van der Waals surface area (Å²) < 4.78 is 40.2. The summed E-state index contributed by atoms with van der Waals surface area (Å²) in [6, 6.07) is 0. The second-order valence-corrected chi connectivity index (χ2v) is 12.8. The lowest BCUT2D eigenvalue weighted by atomic mass is 9.51. The standard InChI is InChI=1S/C24H30ClN7O4S/c1-14-19(23(36-4)29-13-28-14)32-18(30-31-22(32)16-8-24(9-16)6-5-7-24)12-37(33,34)15(2)20(35-3)21-26-10-17(25)11-27-21/h10-11,13,15-16,20H,5-9,12H2,1-4H3/t15-,20-/m0/s1. The highest BCUT2D eigenvalue weighted by Gasteiger charge is 2.50. The summed E-state index contributed by atoms with van der Waals surface area (Å²) in [5, 5.41) is 8.25. The molecule has 3 aromatic rings. The van der Waals surface area contributed by atoms with Crippen molar-refractivity contribution in [2.75, 3.05) is 14.2 Å². The van der Waals surface area contributed by atoms with Crippen molar-refractivity contribution in [3.63, 3.8) is 0 Å². The maximum atomic E-state index is 13.7. The molecule has 2 aliphatic carbocycles. The van der Waals surface area contributed by atoms with Crippen LogP contribution in [0.15, 0.2) is 18.7 Å². The summed E-state index contributed by atoms with van der Waals surface area (Å²) in [6.07, 6.45) is 9.12. The van der Waals surface area contributed by atoms with Crippen LogP contribution in [0.5, 0.6) is 5.88 Å². The van der Waals surface area contributed by atoms with Crippen LogP contribution in [0.2, 0.25) is 5.02 Å². The number of aryl methyl sites for hydroxylation is 1. The van der Waals surface area contributed by atoms with Gasteiger partial charge in [-0.25, -0.2) is 23.4 Å². The van der Waals surface area contributed by atoms with Gasteiger partial charge in [-0.05, 0) is 44.9 Å². The first-order valence-corrected chi connectivity index (χ1v) is 14.3. The van der Waals surface area contributed by atoms with E-state index in [0.717, 1.165) is 18.7 Å². The Bertz CT molecular complexity index is 1380. The summed E-state index contributed by atoms with van der Waals surface area (Å²) in [4.78, 5) is 16.9. The zero-order valence-corrected chi connectivity index (χ0v) is 22.8. The first kappa shape index (κ1) is 25.9. The van der Waals surface area contributed by atoms with Crippen LogP contribution in [-0.2, 0) is 20.3 Å². The molecule has 0 amide bonds. The van der Waals surface area contributed by atoms with Crippen LogP contribution in [0, 0.1) is 12.3 Å². The van der Waals surface area contributed by atoms with Crippen molar-refractivity contribution < 1.29 is 17.9 Å². The van der Waals surface area contributed by atoms with E-state index in [4.69, 9.17) is 21.1 Å². The third-order valence-corrected chi connectivity index (χ3v) is 9.99. The van der Waals surface area contributed by atoms with Crippen LogP contribution in [0.1, 0.15) is 74.2 Å².